The van der Waals surface area contributed by atoms with Gasteiger partial charge in [-0.3, -0.25) is 4.79 Å². The summed E-state index contributed by atoms with van der Waals surface area (Å²) in [6.45, 7) is 7.76. The number of carbonyl (C=O) groups excluding carboxylic acids is 1. The molecule has 1 N–H and O–H groups in total. The Morgan fingerprint density at radius 1 is 1.22 bits per heavy atom. The Kier molecular flexibility index (Phi) is 3.90. The van der Waals surface area contributed by atoms with Gasteiger partial charge in [-0.15, -0.1) is 0 Å². The van der Waals surface area contributed by atoms with Crippen molar-refractivity contribution in [3.63, 3.8) is 0 Å². The lowest BCUT2D eigenvalue weighted by molar-refractivity contribution is -0.114. The van der Waals surface area contributed by atoms with E-state index in [0.717, 1.165) is 27.9 Å². The molecule has 0 unspecified atom stereocenters. The largest absolute Gasteiger partial charge is 0.436 e. The van der Waals surface area contributed by atoms with Crippen molar-refractivity contribution in [2.45, 2.75) is 33.6 Å². The average molecular weight is 308 g/mol. The highest BCUT2D eigenvalue weighted by Gasteiger charge is 2.14. The number of oxazole rings is 1. The predicted octanol–water partition coefficient (Wildman–Crippen LogP) is 4.89. The molecular formula is C19H20N2O2. The van der Waals surface area contributed by atoms with Crippen molar-refractivity contribution in [1.29, 1.82) is 0 Å². The smallest absolute Gasteiger partial charge is 0.227 e. The average Bonchev–Trinajstić information content (AvgIpc) is 2.91. The second kappa shape index (κ2) is 5.88. The molecule has 2 aromatic carbocycles. The first-order valence-electron chi connectivity index (χ1n) is 7.74. The molecule has 118 valence electrons. The van der Waals surface area contributed by atoms with Crippen LogP contribution in [-0.4, -0.2) is 10.9 Å². The van der Waals surface area contributed by atoms with Gasteiger partial charge in [0.25, 0.3) is 0 Å². The van der Waals surface area contributed by atoms with E-state index < -0.39 is 0 Å². The number of fused-ring (bicyclic) bond motifs is 1. The van der Waals surface area contributed by atoms with Gasteiger partial charge in [0, 0.05) is 18.2 Å². The van der Waals surface area contributed by atoms with Gasteiger partial charge in [-0.1, -0.05) is 26.0 Å². The number of amides is 1. The summed E-state index contributed by atoms with van der Waals surface area (Å²) in [7, 11) is 0. The van der Waals surface area contributed by atoms with Crippen molar-refractivity contribution in [2.75, 3.05) is 5.32 Å². The molecule has 0 aliphatic carbocycles. The van der Waals surface area contributed by atoms with Gasteiger partial charge in [0.2, 0.25) is 11.8 Å². The van der Waals surface area contributed by atoms with Gasteiger partial charge >= 0.3 is 0 Å². The molecule has 0 bridgehead atoms. The first-order chi connectivity index (χ1) is 11.0. The molecule has 0 saturated heterocycles. The highest BCUT2D eigenvalue weighted by molar-refractivity contribution is 5.91. The van der Waals surface area contributed by atoms with Gasteiger partial charge in [-0.2, -0.15) is 0 Å². The second-order valence-electron chi connectivity index (χ2n) is 6.06. The van der Waals surface area contributed by atoms with Gasteiger partial charge in [-0.05, 0) is 48.2 Å². The zero-order valence-electron chi connectivity index (χ0n) is 13.8. The van der Waals surface area contributed by atoms with E-state index in [4.69, 9.17) is 4.42 Å². The molecule has 0 saturated carbocycles. The number of anilines is 1. The highest BCUT2D eigenvalue weighted by atomic mass is 16.3. The van der Waals surface area contributed by atoms with Crippen LogP contribution in [0.5, 0.6) is 0 Å². The minimum absolute atomic E-state index is 0.0932. The third-order valence-corrected chi connectivity index (χ3v) is 3.95. The maximum absolute atomic E-state index is 11.3. The number of hydrogen-bond acceptors (Lipinski definition) is 3. The molecule has 0 atom stereocenters. The fourth-order valence-electron chi connectivity index (χ4n) is 2.61. The molecule has 1 amide bonds. The summed E-state index contributed by atoms with van der Waals surface area (Å²) in [5.74, 6) is 0.930. The molecule has 4 nitrogen and oxygen atoms in total. The van der Waals surface area contributed by atoms with Crippen LogP contribution in [0.25, 0.3) is 22.6 Å². The summed E-state index contributed by atoms with van der Waals surface area (Å²) in [5, 5.41) is 2.83. The zero-order chi connectivity index (χ0) is 16.6. The summed E-state index contributed by atoms with van der Waals surface area (Å²) >= 11 is 0. The van der Waals surface area contributed by atoms with Crippen LogP contribution >= 0.6 is 0 Å². The van der Waals surface area contributed by atoms with Crippen molar-refractivity contribution >= 4 is 22.7 Å². The minimum Gasteiger partial charge on any atom is -0.436 e. The number of hydrogen-bond donors (Lipinski definition) is 1. The number of aromatic nitrogens is 1. The van der Waals surface area contributed by atoms with Gasteiger partial charge in [0.15, 0.2) is 5.58 Å². The van der Waals surface area contributed by atoms with E-state index in [-0.39, 0.29) is 5.91 Å². The van der Waals surface area contributed by atoms with Gasteiger partial charge in [-0.25, -0.2) is 4.98 Å². The van der Waals surface area contributed by atoms with Crippen molar-refractivity contribution in [3.05, 3.63) is 47.5 Å². The maximum atomic E-state index is 11.3. The molecular weight excluding hydrogens is 288 g/mol. The van der Waals surface area contributed by atoms with Crippen molar-refractivity contribution in [3.8, 4) is 11.5 Å². The lowest BCUT2D eigenvalue weighted by atomic mass is 10.0. The van der Waals surface area contributed by atoms with Crippen LogP contribution in [0.2, 0.25) is 0 Å². The Labute approximate surface area is 135 Å². The Balaban J connectivity index is 2.08. The summed E-state index contributed by atoms with van der Waals surface area (Å²) in [5.41, 5.74) is 5.47. The molecule has 1 aromatic heterocycles. The Hall–Kier alpha value is -2.62. The van der Waals surface area contributed by atoms with E-state index in [9.17, 15) is 4.79 Å². The van der Waals surface area contributed by atoms with Crippen LogP contribution in [0.15, 0.2) is 40.8 Å². The lowest BCUT2D eigenvalue weighted by Crippen LogP contribution is -2.07. The summed E-state index contributed by atoms with van der Waals surface area (Å²) < 4.78 is 5.91. The van der Waals surface area contributed by atoms with Crippen LogP contribution in [0.4, 0.5) is 5.69 Å². The third-order valence-electron chi connectivity index (χ3n) is 3.95. The highest BCUT2D eigenvalue weighted by Crippen LogP contribution is 2.31. The van der Waals surface area contributed by atoms with Crippen LogP contribution in [-0.2, 0) is 4.79 Å². The molecule has 0 fully saturated rings. The minimum atomic E-state index is -0.0932. The normalized spacial score (nSPS) is 11.2. The SMILES string of the molecule is CC(=O)Nc1cccc(-c2nc3cc(C(C)C)ccc3o2)c1C. The Bertz CT molecular complexity index is 878. The molecule has 23 heavy (non-hydrogen) atoms. The van der Waals surface area contributed by atoms with Crippen molar-refractivity contribution in [2.24, 2.45) is 0 Å². The molecule has 0 aliphatic rings. The standard InChI is InChI=1S/C19H20N2O2/c1-11(2)14-8-9-18-17(10-14)21-19(23-18)15-6-5-7-16(12(15)3)20-13(4)22/h5-11H,1-4H3,(H,20,22). The Morgan fingerprint density at radius 2 is 2.00 bits per heavy atom. The van der Waals surface area contributed by atoms with Crippen molar-refractivity contribution < 1.29 is 9.21 Å². The molecule has 4 heteroatoms. The molecule has 3 rings (SSSR count). The van der Waals surface area contributed by atoms with Gasteiger partial charge < -0.3 is 9.73 Å². The lowest BCUT2D eigenvalue weighted by Gasteiger charge is -2.09. The number of nitrogens with one attached hydrogen (secondary N) is 1. The third kappa shape index (κ3) is 2.97. The Morgan fingerprint density at radius 3 is 2.70 bits per heavy atom. The molecule has 0 aliphatic heterocycles. The molecule has 3 aromatic rings. The van der Waals surface area contributed by atoms with Gasteiger partial charge in [0.05, 0.1) is 0 Å². The number of rotatable bonds is 3. The fourth-order valence-corrected chi connectivity index (χ4v) is 2.61. The summed E-state index contributed by atoms with van der Waals surface area (Å²) in [4.78, 5) is 15.9. The summed E-state index contributed by atoms with van der Waals surface area (Å²) in [6.07, 6.45) is 0. The van der Waals surface area contributed by atoms with Gasteiger partial charge in [0.1, 0.15) is 5.52 Å². The maximum Gasteiger partial charge on any atom is 0.227 e. The van der Waals surface area contributed by atoms with E-state index in [1.54, 1.807) is 0 Å². The van der Waals surface area contributed by atoms with E-state index >= 15 is 0 Å². The van der Waals surface area contributed by atoms with Crippen molar-refractivity contribution in [1.82, 2.24) is 4.98 Å². The summed E-state index contributed by atoms with van der Waals surface area (Å²) in [6, 6.07) is 11.8. The molecule has 0 radical (unpaired) electrons. The quantitative estimate of drug-likeness (QED) is 0.750. The first-order valence-corrected chi connectivity index (χ1v) is 7.74. The first kappa shape index (κ1) is 15.3. The predicted molar refractivity (Wildman–Crippen MR) is 92.6 cm³/mol. The number of carbonyl (C=O) groups is 1. The van der Waals surface area contributed by atoms with Crippen LogP contribution in [0.3, 0.4) is 0 Å². The van der Waals surface area contributed by atoms with E-state index in [0.29, 0.717) is 11.8 Å². The van der Waals surface area contributed by atoms with Crippen LogP contribution in [0.1, 0.15) is 37.8 Å². The number of benzene rings is 2. The molecule has 1 heterocycles. The topological polar surface area (TPSA) is 55.1 Å². The molecule has 0 spiro atoms. The van der Waals surface area contributed by atoms with Crippen LogP contribution in [0, 0.1) is 6.92 Å². The van der Waals surface area contributed by atoms with Crippen LogP contribution < -0.4 is 5.32 Å². The zero-order valence-corrected chi connectivity index (χ0v) is 13.8. The number of nitrogens with zero attached hydrogens (tertiary/aromatic N) is 1. The fraction of sp³-hybridized carbons (Fsp3) is 0.263. The van der Waals surface area contributed by atoms with E-state index in [1.807, 2.05) is 31.2 Å². The monoisotopic (exact) mass is 308 g/mol. The van der Waals surface area contributed by atoms with E-state index in [1.165, 1.54) is 12.5 Å². The van der Waals surface area contributed by atoms with E-state index in [2.05, 4.69) is 36.3 Å². The second-order valence-corrected chi connectivity index (χ2v) is 6.06.